The molecular weight excluding hydrogens is 192 g/mol. The highest BCUT2D eigenvalue weighted by Crippen LogP contribution is 2.45. The van der Waals surface area contributed by atoms with Gasteiger partial charge in [-0.3, -0.25) is 0 Å². The van der Waals surface area contributed by atoms with Gasteiger partial charge in [0.2, 0.25) is 0 Å². The van der Waals surface area contributed by atoms with Crippen molar-refractivity contribution in [3.05, 3.63) is 23.3 Å². The molecule has 2 aliphatic rings. The average Bonchev–Trinajstić information content (AvgIpc) is 2.33. The van der Waals surface area contributed by atoms with Gasteiger partial charge in [-0.15, -0.1) is 0 Å². The Balaban J connectivity index is 2.33. The molecule has 2 rings (SSSR count). The van der Waals surface area contributed by atoms with E-state index in [1.165, 1.54) is 25.7 Å². The van der Waals surface area contributed by atoms with Gasteiger partial charge < -0.3 is 0 Å². The van der Waals surface area contributed by atoms with Crippen molar-refractivity contribution in [1.29, 1.82) is 0 Å². The van der Waals surface area contributed by atoms with E-state index in [9.17, 15) is 0 Å². The second kappa shape index (κ2) is 4.77. The smallest absolute Gasteiger partial charge is 0.0165 e. The second-order valence-electron chi connectivity index (χ2n) is 5.92. The topological polar surface area (TPSA) is 0 Å². The Kier molecular flexibility index (Phi) is 3.56. The summed E-state index contributed by atoms with van der Waals surface area (Å²) >= 11 is 0. The van der Waals surface area contributed by atoms with Gasteiger partial charge in [-0.1, -0.05) is 51.8 Å². The first-order valence-corrected chi connectivity index (χ1v) is 7.04. The van der Waals surface area contributed by atoms with E-state index < -0.39 is 0 Å². The maximum atomic E-state index is 2.44. The second-order valence-corrected chi connectivity index (χ2v) is 5.92. The van der Waals surface area contributed by atoms with Crippen LogP contribution >= 0.6 is 0 Å². The van der Waals surface area contributed by atoms with Crippen LogP contribution in [0.5, 0.6) is 0 Å². The predicted molar refractivity (Wildman–Crippen MR) is 71.3 cm³/mol. The van der Waals surface area contributed by atoms with Crippen molar-refractivity contribution in [2.45, 2.75) is 53.4 Å². The fraction of sp³-hybridized carbons (Fsp3) is 0.750. The van der Waals surface area contributed by atoms with E-state index in [4.69, 9.17) is 0 Å². The lowest BCUT2D eigenvalue weighted by Crippen LogP contribution is -2.29. The molecule has 0 aliphatic heterocycles. The third kappa shape index (κ3) is 1.99. The lowest BCUT2D eigenvalue weighted by atomic mass is 9.65. The molecule has 0 nitrogen and oxygen atoms in total. The van der Waals surface area contributed by atoms with Crippen LogP contribution in [0.15, 0.2) is 23.3 Å². The minimum absolute atomic E-state index is 0.784. The number of allylic oxidation sites excluding steroid dienone is 4. The highest BCUT2D eigenvalue weighted by molar-refractivity contribution is 5.35. The Morgan fingerprint density at radius 3 is 2.81 bits per heavy atom. The summed E-state index contributed by atoms with van der Waals surface area (Å²) < 4.78 is 0. The van der Waals surface area contributed by atoms with Crippen LogP contribution in [-0.4, -0.2) is 0 Å². The first kappa shape index (κ1) is 12.0. The third-order valence-corrected chi connectivity index (χ3v) is 5.00. The van der Waals surface area contributed by atoms with Crippen molar-refractivity contribution in [3.8, 4) is 0 Å². The first-order chi connectivity index (χ1) is 7.65. The lowest BCUT2D eigenvalue weighted by molar-refractivity contribution is 0.256. The molecule has 16 heavy (non-hydrogen) atoms. The molecule has 0 aromatic rings. The maximum absolute atomic E-state index is 2.44. The lowest BCUT2D eigenvalue weighted by Gasteiger charge is -2.40. The summed E-state index contributed by atoms with van der Waals surface area (Å²) in [6.45, 7) is 9.64. The Morgan fingerprint density at radius 1 is 1.38 bits per heavy atom. The maximum Gasteiger partial charge on any atom is -0.0165 e. The highest BCUT2D eigenvalue weighted by atomic mass is 14.4. The zero-order valence-electron chi connectivity index (χ0n) is 11.3. The molecule has 90 valence electrons. The van der Waals surface area contributed by atoms with E-state index in [2.05, 4.69) is 39.8 Å². The van der Waals surface area contributed by atoms with Crippen LogP contribution in [0.1, 0.15) is 53.4 Å². The van der Waals surface area contributed by atoms with Gasteiger partial charge in [0.1, 0.15) is 0 Å². The molecule has 0 radical (unpaired) electrons. The molecule has 0 bridgehead atoms. The van der Waals surface area contributed by atoms with Crippen molar-refractivity contribution in [3.63, 3.8) is 0 Å². The van der Waals surface area contributed by atoms with Gasteiger partial charge in [0, 0.05) is 0 Å². The standard InChI is InChI=1S/C16H26/c1-5-11(2)16-10-12(3)13(4)14-8-6-7-9-15(14)16/h6,8,11-13,16H,5,7,9-10H2,1-4H3. The van der Waals surface area contributed by atoms with E-state index in [1.54, 1.807) is 5.57 Å². The van der Waals surface area contributed by atoms with Gasteiger partial charge in [-0.05, 0) is 48.5 Å². The highest BCUT2D eigenvalue weighted by Gasteiger charge is 2.33. The Labute approximate surface area is 101 Å². The van der Waals surface area contributed by atoms with Gasteiger partial charge in [0.05, 0.1) is 0 Å². The molecule has 0 heteroatoms. The van der Waals surface area contributed by atoms with Crippen molar-refractivity contribution in [1.82, 2.24) is 0 Å². The Morgan fingerprint density at radius 2 is 2.12 bits per heavy atom. The molecule has 0 N–H and O–H groups in total. The normalized spacial score (nSPS) is 36.1. The Bertz CT molecular complexity index is 308. The molecular formula is C16H26. The summed E-state index contributed by atoms with van der Waals surface area (Å²) in [5, 5.41) is 0. The van der Waals surface area contributed by atoms with Crippen LogP contribution in [-0.2, 0) is 0 Å². The molecule has 0 saturated carbocycles. The molecule has 0 spiro atoms. The number of hydrogen-bond acceptors (Lipinski definition) is 0. The number of hydrogen-bond donors (Lipinski definition) is 0. The molecule has 0 aromatic carbocycles. The quantitative estimate of drug-likeness (QED) is 0.614. The van der Waals surface area contributed by atoms with Crippen molar-refractivity contribution < 1.29 is 0 Å². The van der Waals surface area contributed by atoms with Crippen molar-refractivity contribution in [2.75, 3.05) is 0 Å². The fourth-order valence-corrected chi connectivity index (χ4v) is 3.46. The SMILES string of the molecule is CCC(C)C1CC(C)C(C)C2=C1CCC=C2. The minimum Gasteiger partial charge on any atom is -0.0839 e. The summed E-state index contributed by atoms with van der Waals surface area (Å²) in [4.78, 5) is 0. The van der Waals surface area contributed by atoms with E-state index >= 15 is 0 Å². The molecule has 0 fully saturated rings. The minimum atomic E-state index is 0.784. The summed E-state index contributed by atoms with van der Waals surface area (Å²) in [6, 6.07) is 0. The van der Waals surface area contributed by atoms with Crippen molar-refractivity contribution >= 4 is 0 Å². The summed E-state index contributed by atoms with van der Waals surface area (Å²) in [7, 11) is 0. The molecule has 0 heterocycles. The average molecular weight is 218 g/mol. The summed E-state index contributed by atoms with van der Waals surface area (Å²) in [6.07, 6.45) is 10.1. The largest absolute Gasteiger partial charge is 0.0839 e. The van der Waals surface area contributed by atoms with Gasteiger partial charge in [0.15, 0.2) is 0 Å². The first-order valence-electron chi connectivity index (χ1n) is 7.04. The summed E-state index contributed by atoms with van der Waals surface area (Å²) in [5.41, 5.74) is 3.50. The van der Waals surface area contributed by atoms with Crippen LogP contribution < -0.4 is 0 Å². The van der Waals surface area contributed by atoms with Crippen LogP contribution in [0.2, 0.25) is 0 Å². The fourth-order valence-electron chi connectivity index (χ4n) is 3.46. The molecule has 0 saturated heterocycles. The zero-order chi connectivity index (χ0) is 11.7. The monoisotopic (exact) mass is 218 g/mol. The third-order valence-electron chi connectivity index (χ3n) is 5.00. The van der Waals surface area contributed by atoms with Gasteiger partial charge in [-0.2, -0.15) is 0 Å². The predicted octanol–water partition coefficient (Wildman–Crippen LogP) is 4.97. The molecule has 4 unspecified atom stereocenters. The summed E-state index contributed by atoms with van der Waals surface area (Å²) in [5.74, 6) is 3.38. The molecule has 4 atom stereocenters. The van der Waals surface area contributed by atoms with Gasteiger partial charge in [-0.25, -0.2) is 0 Å². The van der Waals surface area contributed by atoms with E-state index in [-0.39, 0.29) is 0 Å². The van der Waals surface area contributed by atoms with Gasteiger partial charge >= 0.3 is 0 Å². The molecule has 2 aliphatic carbocycles. The van der Waals surface area contributed by atoms with Gasteiger partial charge in [0.25, 0.3) is 0 Å². The van der Waals surface area contributed by atoms with Crippen LogP contribution in [0.4, 0.5) is 0 Å². The van der Waals surface area contributed by atoms with Crippen LogP contribution in [0, 0.1) is 23.7 Å². The Hall–Kier alpha value is -0.520. The van der Waals surface area contributed by atoms with Crippen LogP contribution in [0.25, 0.3) is 0 Å². The zero-order valence-corrected chi connectivity index (χ0v) is 11.3. The van der Waals surface area contributed by atoms with E-state index in [0.717, 1.165) is 23.7 Å². The van der Waals surface area contributed by atoms with E-state index in [1.807, 2.05) is 5.57 Å². The molecule has 0 amide bonds. The van der Waals surface area contributed by atoms with Crippen molar-refractivity contribution in [2.24, 2.45) is 23.7 Å². The van der Waals surface area contributed by atoms with E-state index in [0.29, 0.717) is 0 Å². The number of rotatable bonds is 2. The van der Waals surface area contributed by atoms with Crippen LogP contribution in [0.3, 0.4) is 0 Å². The molecule has 0 aromatic heterocycles.